The van der Waals surface area contributed by atoms with E-state index in [0.29, 0.717) is 11.4 Å². The van der Waals surface area contributed by atoms with Gasteiger partial charge in [0.15, 0.2) is 5.76 Å². The molecule has 6 nitrogen and oxygen atoms in total. The van der Waals surface area contributed by atoms with Gasteiger partial charge in [-0.2, -0.15) is 5.10 Å². The third-order valence-electron chi connectivity index (χ3n) is 5.80. The van der Waals surface area contributed by atoms with Gasteiger partial charge in [0.2, 0.25) is 0 Å². The largest absolute Gasteiger partial charge is 0.455 e. The summed E-state index contributed by atoms with van der Waals surface area (Å²) in [5.41, 5.74) is 5.23. The monoisotopic (exact) mass is 476 g/mol. The summed E-state index contributed by atoms with van der Waals surface area (Å²) in [7, 11) is 0. The Morgan fingerprint density at radius 1 is 0.861 bits per heavy atom. The van der Waals surface area contributed by atoms with E-state index in [9.17, 15) is 4.79 Å². The lowest BCUT2D eigenvalue weighted by molar-refractivity contribution is 0.0993. The van der Waals surface area contributed by atoms with E-state index in [1.54, 1.807) is 6.07 Å². The van der Waals surface area contributed by atoms with Gasteiger partial charge in [0, 0.05) is 27.9 Å². The summed E-state index contributed by atoms with van der Waals surface area (Å²) in [5, 5.41) is 14.9. The van der Waals surface area contributed by atoms with Gasteiger partial charge >= 0.3 is 0 Å². The van der Waals surface area contributed by atoms with Crippen LogP contribution in [0, 0.1) is 0 Å². The van der Waals surface area contributed by atoms with E-state index in [2.05, 4.69) is 33.0 Å². The maximum atomic E-state index is 12.7. The van der Waals surface area contributed by atoms with Crippen LogP contribution < -0.4 is 10.6 Å². The van der Waals surface area contributed by atoms with Crippen molar-refractivity contribution in [2.24, 2.45) is 0 Å². The molecular formula is C30H28N4O2. The van der Waals surface area contributed by atoms with Gasteiger partial charge in [0.1, 0.15) is 5.76 Å². The Morgan fingerprint density at radius 2 is 1.64 bits per heavy atom. The van der Waals surface area contributed by atoms with Gasteiger partial charge in [-0.05, 0) is 60.2 Å². The number of furan rings is 1. The van der Waals surface area contributed by atoms with Crippen LogP contribution in [-0.2, 0) is 5.41 Å². The van der Waals surface area contributed by atoms with Crippen molar-refractivity contribution in [1.29, 1.82) is 0 Å². The molecule has 0 spiro atoms. The Kier molecular flexibility index (Phi) is 6.17. The van der Waals surface area contributed by atoms with E-state index >= 15 is 0 Å². The maximum Gasteiger partial charge on any atom is 0.291 e. The molecule has 0 radical (unpaired) electrons. The van der Waals surface area contributed by atoms with Crippen LogP contribution in [0.5, 0.6) is 0 Å². The van der Waals surface area contributed by atoms with Crippen molar-refractivity contribution in [3.8, 4) is 0 Å². The second-order valence-electron chi connectivity index (χ2n) is 9.69. The quantitative estimate of drug-likeness (QED) is 0.235. The highest BCUT2D eigenvalue weighted by Crippen LogP contribution is 2.27. The van der Waals surface area contributed by atoms with E-state index in [1.807, 2.05) is 99.7 Å². The minimum Gasteiger partial charge on any atom is -0.455 e. The number of fused-ring (bicyclic) bond motifs is 1. The predicted octanol–water partition coefficient (Wildman–Crippen LogP) is 7.62. The molecule has 3 aromatic carbocycles. The van der Waals surface area contributed by atoms with E-state index in [0.717, 1.165) is 39.3 Å². The molecular weight excluding hydrogens is 448 g/mol. The van der Waals surface area contributed by atoms with E-state index in [1.165, 1.54) is 0 Å². The zero-order valence-corrected chi connectivity index (χ0v) is 20.5. The summed E-state index contributed by atoms with van der Waals surface area (Å²) in [4.78, 5) is 12.7. The maximum absolute atomic E-state index is 12.7. The van der Waals surface area contributed by atoms with Gasteiger partial charge in [-0.25, -0.2) is 0 Å². The second kappa shape index (κ2) is 9.58. The number of benzene rings is 3. The standard InChI is InChI=1S/C30H28N4O2/c1-30(2,3)28-17-16-27(36-28)29(35)32-22-11-7-10-21(18-22)31-23-13-14-24-25(33-34-26(24)19-23)15-12-20-8-5-4-6-9-20/h4-19,31H,1-3H3,(H,32,35)(H,33,34)/b15-12+. The van der Waals surface area contributed by atoms with E-state index in [-0.39, 0.29) is 11.3 Å². The summed E-state index contributed by atoms with van der Waals surface area (Å²) in [6, 6.07) is 27.4. The highest BCUT2D eigenvalue weighted by atomic mass is 16.4. The summed E-state index contributed by atoms with van der Waals surface area (Å²) >= 11 is 0. The van der Waals surface area contributed by atoms with Gasteiger partial charge in [-0.15, -0.1) is 0 Å². The van der Waals surface area contributed by atoms with Crippen LogP contribution in [0.2, 0.25) is 0 Å². The summed E-state index contributed by atoms with van der Waals surface area (Å²) in [6.07, 6.45) is 4.06. The Balaban J connectivity index is 1.28. The molecule has 2 aromatic heterocycles. The van der Waals surface area contributed by atoms with Crippen molar-refractivity contribution >= 4 is 46.0 Å². The highest BCUT2D eigenvalue weighted by molar-refractivity contribution is 6.02. The van der Waals surface area contributed by atoms with Gasteiger partial charge in [-0.1, -0.05) is 63.2 Å². The van der Waals surface area contributed by atoms with Gasteiger partial charge in [-0.3, -0.25) is 9.89 Å². The second-order valence-corrected chi connectivity index (χ2v) is 9.69. The first-order valence-corrected chi connectivity index (χ1v) is 11.9. The fourth-order valence-corrected chi connectivity index (χ4v) is 3.88. The van der Waals surface area contributed by atoms with Crippen molar-refractivity contribution in [2.45, 2.75) is 26.2 Å². The molecule has 2 heterocycles. The molecule has 0 unspecified atom stereocenters. The smallest absolute Gasteiger partial charge is 0.291 e. The van der Waals surface area contributed by atoms with Gasteiger partial charge < -0.3 is 15.1 Å². The van der Waals surface area contributed by atoms with Crippen molar-refractivity contribution < 1.29 is 9.21 Å². The lowest BCUT2D eigenvalue weighted by atomic mass is 9.94. The molecule has 3 N–H and O–H groups in total. The number of rotatable bonds is 6. The molecule has 6 heteroatoms. The van der Waals surface area contributed by atoms with Crippen LogP contribution in [0.4, 0.5) is 17.1 Å². The van der Waals surface area contributed by atoms with Crippen LogP contribution in [0.15, 0.2) is 89.3 Å². The fourth-order valence-electron chi connectivity index (χ4n) is 3.88. The zero-order chi connectivity index (χ0) is 25.1. The number of nitrogens with zero attached hydrogens (tertiary/aromatic N) is 1. The topological polar surface area (TPSA) is 83.0 Å². The zero-order valence-electron chi connectivity index (χ0n) is 20.5. The molecule has 0 bridgehead atoms. The minimum absolute atomic E-state index is 0.156. The summed E-state index contributed by atoms with van der Waals surface area (Å²) in [5.74, 6) is 0.786. The van der Waals surface area contributed by atoms with Crippen LogP contribution in [-0.4, -0.2) is 16.1 Å². The van der Waals surface area contributed by atoms with Gasteiger partial charge in [0.05, 0.1) is 11.2 Å². The number of carbonyl (C=O) groups is 1. The number of aromatic amines is 1. The average Bonchev–Trinajstić information content (AvgIpc) is 3.51. The molecule has 0 aliphatic rings. The van der Waals surface area contributed by atoms with Crippen LogP contribution >= 0.6 is 0 Å². The number of amides is 1. The first kappa shape index (κ1) is 23.2. The van der Waals surface area contributed by atoms with Crippen molar-refractivity contribution in [1.82, 2.24) is 10.2 Å². The molecule has 0 atom stereocenters. The Hall–Kier alpha value is -4.58. The Bertz CT molecular complexity index is 1540. The Labute approximate surface area is 210 Å². The molecule has 0 saturated heterocycles. The molecule has 180 valence electrons. The molecule has 0 fully saturated rings. The number of nitrogens with one attached hydrogen (secondary N) is 3. The SMILES string of the molecule is CC(C)(C)c1ccc(C(=O)Nc2cccc(Nc3ccc4c(/C=C/c5ccccc5)n[nH]c4c3)c2)o1. The van der Waals surface area contributed by atoms with Crippen LogP contribution in [0.1, 0.15) is 48.3 Å². The first-order chi connectivity index (χ1) is 17.3. The van der Waals surface area contributed by atoms with E-state index < -0.39 is 0 Å². The van der Waals surface area contributed by atoms with E-state index in [4.69, 9.17) is 4.42 Å². The number of aromatic nitrogens is 2. The summed E-state index contributed by atoms with van der Waals surface area (Å²) in [6.45, 7) is 6.14. The lowest BCUT2D eigenvalue weighted by Crippen LogP contribution is -2.12. The van der Waals surface area contributed by atoms with Crippen molar-refractivity contribution in [2.75, 3.05) is 10.6 Å². The lowest BCUT2D eigenvalue weighted by Gasteiger charge is -2.14. The number of H-pyrrole nitrogens is 1. The molecule has 0 aliphatic carbocycles. The van der Waals surface area contributed by atoms with Crippen molar-refractivity contribution in [3.05, 3.63) is 108 Å². The van der Waals surface area contributed by atoms with Gasteiger partial charge in [0.25, 0.3) is 5.91 Å². The number of hydrogen-bond donors (Lipinski definition) is 3. The average molecular weight is 477 g/mol. The number of hydrogen-bond acceptors (Lipinski definition) is 4. The molecule has 0 aliphatic heterocycles. The summed E-state index contributed by atoms with van der Waals surface area (Å²) < 4.78 is 5.75. The molecule has 0 saturated carbocycles. The first-order valence-electron chi connectivity index (χ1n) is 11.9. The third-order valence-corrected chi connectivity index (χ3v) is 5.80. The number of anilines is 3. The number of carbonyl (C=O) groups excluding carboxylic acids is 1. The Morgan fingerprint density at radius 3 is 2.42 bits per heavy atom. The normalized spacial score (nSPS) is 11.8. The van der Waals surface area contributed by atoms with Crippen LogP contribution in [0.3, 0.4) is 0 Å². The highest BCUT2D eigenvalue weighted by Gasteiger charge is 2.20. The molecule has 5 rings (SSSR count). The third kappa shape index (κ3) is 5.23. The van der Waals surface area contributed by atoms with Crippen LogP contribution in [0.25, 0.3) is 23.1 Å². The molecule has 1 amide bonds. The fraction of sp³-hybridized carbons (Fsp3) is 0.133. The molecule has 36 heavy (non-hydrogen) atoms. The van der Waals surface area contributed by atoms with Crippen molar-refractivity contribution in [3.63, 3.8) is 0 Å². The minimum atomic E-state index is -0.280. The molecule has 5 aromatic rings. The predicted molar refractivity (Wildman–Crippen MR) is 147 cm³/mol.